The third kappa shape index (κ3) is 2.30. The van der Waals surface area contributed by atoms with Gasteiger partial charge in [0.1, 0.15) is 11.3 Å². The second kappa shape index (κ2) is 5.08. The number of carboxylic acids is 1. The second-order valence-corrected chi connectivity index (χ2v) is 4.31. The molecule has 2 aromatic carbocycles. The van der Waals surface area contributed by atoms with Crippen LogP contribution in [0.4, 0.5) is 0 Å². The van der Waals surface area contributed by atoms with E-state index in [2.05, 4.69) is 0 Å². The van der Waals surface area contributed by atoms with E-state index in [1.54, 1.807) is 6.07 Å². The minimum absolute atomic E-state index is 0.00564. The van der Waals surface area contributed by atoms with E-state index in [1.807, 2.05) is 44.2 Å². The van der Waals surface area contributed by atoms with Crippen LogP contribution in [-0.4, -0.2) is 17.2 Å². The van der Waals surface area contributed by atoms with Gasteiger partial charge in [0.25, 0.3) is 0 Å². The molecule has 18 heavy (non-hydrogen) atoms. The Balaban J connectivity index is 2.62. The zero-order chi connectivity index (χ0) is 13.1. The minimum atomic E-state index is -0.959. The quantitative estimate of drug-likeness (QED) is 0.891. The molecule has 3 nitrogen and oxygen atoms in total. The van der Waals surface area contributed by atoms with Gasteiger partial charge in [-0.05, 0) is 24.8 Å². The molecule has 1 atom stereocenters. The van der Waals surface area contributed by atoms with E-state index >= 15 is 0 Å². The van der Waals surface area contributed by atoms with Crippen LogP contribution in [0.1, 0.15) is 30.6 Å². The Morgan fingerprint density at radius 3 is 2.67 bits per heavy atom. The van der Waals surface area contributed by atoms with Crippen LogP contribution in [-0.2, 0) is 0 Å². The van der Waals surface area contributed by atoms with Gasteiger partial charge in [0.2, 0.25) is 0 Å². The van der Waals surface area contributed by atoms with Crippen molar-refractivity contribution in [3.05, 3.63) is 42.0 Å². The maximum absolute atomic E-state index is 11.3. The lowest BCUT2D eigenvalue weighted by molar-refractivity contribution is 0.0690. The Morgan fingerprint density at radius 1 is 1.28 bits per heavy atom. The molecule has 0 fully saturated rings. The summed E-state index contributed by atoms with van der Waals surface area (Å²) in [5, 5.41) is 11.1. The minimum Gasteiger partial charge on any atom is -0.489 e. The SMILES string of the molecule is CCC(C)Oc1c(C(=O)O)ccc2ccccc12. The fourth-order valence-electron chi connectivity index (χ4n) is 1.82. The summed E-state index contributed by atoms with van der Waals surface area (Å²) in [5.74, 6) is -0.492. The van der Waals surface area contributed by atoms with Crippen LogP contribution in [0.5, 0.6) is 5.75 Å². The van der Waals surface area contributed by atoms with Crippen molar-refractivity contribution in [3.63, 3.8) is 0 Å². The summed E-state index contributed by atoms with van der Waals surface area (Å²) in [6.07, 6.45) is 0.830. The molecule has 0 aliphatic rings. The highest BCUT2D eigenvalue weighted by Gasteiger charge is 2.16. The van der Waals surface area contributed by atoms with Crippen LogP contribution in [0.2, 0.25) is 0 Å². The summed E-state index contributed by atoms with van der Waals surface area (Å²) in [6.45, 7) is 3.95. The number of rotatable bonds is 4. The number of carbonyl (C=O) groups is 1. The Kier molecular flexibility index (Phi) is 3.51. The van der Waals surface area contributed by atoms with E-state index in [1.165, 1.54) is 0 Å². The van der Waals surface area contributed by atoms with E-state index in [9.17, 15) is 9.90 Å². The van der Waals surface area contributed by atoms with Gasteiger partial charge < -0.3 is 9.84 Å². The Hall–Kier alpha value is -2.03. The number of aromatic carboxylic acids is 1. The monoisotopic (exact) mass is 244 g/mol. The molecule has 1 unspecified atom stereocenters. The molecule has 0 saturated carbocycles. The largest absolute Gasteiger partial charge is 0.489 e. The van der Waals surface area contributed by atoms with Gasteiger partial charge in [-0.3, -0.25) is 0 Å². The van der Waals surface area contributed by atoms with Crippen molar-refractivity contribution < 1.29 is 14.6 Å². The zero-order valence-electron chi connectivity index (χ0n) is 10.5. The van der Waals surface area contributed by atoms with Crippen LogP contribution >= 0.6 is 0 Å². The first-order chi connectivity index (χ1) is 8.63. The van der Waals surface area contributed by atoms with E-state index in [4.69, 9.17) is 4.74 Å². The third-order valence-corrected chi connectivity index (χ3v) is 3.00. The molecule has 0 aromatic heterocycles. The maximum atomic E-state index is 11.3. The predicted molar refractivity (Wildman–Crippen MR) is 71.3 cm³/mol. The van der Waals surface area contributed by atoms with Gasteiger partial charge in [0.15, 0.2) is 0 Å². The van der Waals surface area contributed by atoms with Crippen molar-refractivity contribution >= 4 is 16.7 Å². The first-order valence-electron chi connectivity index (χ1n) is 6.05. The van der Waals surface area contributed by atoms with Gasteiger partial charge in [-0.1, -0.05) is 37.3 Å². The third-order valence-electron chi connectivity index (χ3n) is 3.00. The van der Waals surface area contributed by atoms with Crippen LogP contribution in [0.15, 0.2) is 36.4 Å². The molecule has 0 saturated heterocycles. The molecule has 3 heteroatoms. The zero-order valence-corrected chi connectivity index (χ0v) is 10.5. The number of ether oxygens (including phenoxy) is 1. The van der Waals surface area contributed by atoms with E-state index < -0.39 is 5.97 Å². The molecular weight excluding hydrogens is 228 g/mol. The van der Waals surface area contributed by atoms with Crippen molar-refractivity contribution in [2.75, 3.05) is 0 Å². The molecule has 94 valence electrons. The van der Waals surface area contributed by atoms with Gasteiger partial charge >= 0.3 is 5.97 Å². The Labute approximate surface area is 106 Å². The summed E-state index contributed by atoms with van der Waals surface area (Å²) in [5.41, 5.74) is 0.217. The summed E-state index contributed by atoms with van der Waals surface area (Å²) in [6, 6.07) is 11.1. The molecule has 0 aliphatic carbocycles. The average Bonchev–Trinajstić information content (AvgIpc) is 2.38. The number of hydrogen-bond donors (Lipinski definition) is 1. The maximum Gasteiger partial charge on any atom is 0.339 e. The summed E-state index contributed by atoms with van der Waals surface area (Å²) < 4.78 is 5.79. The lowest BCUT2D eigenvalue weighted by atomic mass is 10.1. The van der Waals surface area contributed by atoms with E-state index in [0.717, 1.165) is 17.2 Å². The highest BCUT2D eigenvalue weighted by atomic mass is 16.5. The number of carboxylic acid groups (broad SMARTS) is 1. The predicted octanol–water partition coefficient (Wildman–Crippen LogP) is 3.72. The fraction of sp³-hybridized carbons (Fsp3) is 0.267. The van der Waals surface area contributed by atoms with Crippen molar-refractivity contribution in [1.82, 2.24) is 0 Å². The van der Waals surface area contributed by atoms with Gasteiger partial charge in [0.05, 0.1) is 6.10 Å². The lowest BCUT2D eigenvalue weighted by Crippen LogP contribution is -2.13. The fourth-order valence-corrected chi connectivity index (χ4v) is 1.82. The number of benzene rings is 2. The molecule has 0 spiro atoms. The van der Waals surface area contributed by atoms with Crippen LogP contribution < -0.4 is 4.74 Å². The first-order valence-corrected chi connectivity index (χ1v) is 6.05. The lowest BCUT2D eigenvalue weighted by Gasteiger charge is -2.16. The first kappa shape index (κ1) is 12.4. The van der Waals surface area contributed by atoms with Gasteiger partial charge in [-0.25, -0.2) is 4.79 Å². The molecule has 0 radical (unpaired) electrons. The summed E-state index contributed by atoms with van der Waals surface area (Å²) >= 11 is 0. The van der Waals surface area contributed by atoms with Crippen LogP contribution in [0.25, 0.3) is 10.8 Å². The molecule has 0 bridgehead atoms. The van der Waals surface area contributed by atoms with E-state index in [0.29, 0.717) is 5.75 Å². The molecule has 2 rings (SSSR count). The van der Waals surface area contributed by atoms with Crippen molar-refractivity contribution in [2.24, 2.45) is 0 Å². The Morgan fingerprint density at radius 2 is 2.00 bits per heavy atom. The highest BCUT2D eigenvalue weighted by Crippen LogP contribution is 2.31. The number of hydrogen-bond acceptors (Lipinski definition) is 2. The molecule has 1 N–H and O–H groups in total. The van der Waals surface area contributed by atoms with Gasteiger partial charge in [-0.2, -0.15) is 0 Å². The molecule has 0 heterocycles. The molecule has 0 amide bonds. The van der Waals surface area contributed by atoms with Crippen molar-refractivity contribution in [3.8, 4) is 5.75 Å². The summed E-state index contributed by atoms with van der Waals surface area (Å²) in [4.78, 5) is 11.3. The normalized spacial score (nSPS) is 12.3. The second-order valence-electron chi connectivity index (χ2n) is 4.31. The highest BCUT2D eigenvalue weighted by molar-refractivity contribution is 6.00. The number of fused-ring (bicyclic) bond motifs is 1. The van der Waals surface area contributed by atoms with Crippen LogP contribution in [0, 0.1) is 0 Å². The van der Waals surface area contributed by atoms with Gasteiger partial charge in [-0.15, -0.1) is 0 Å². The molecule has 0 aliphatic heterocycles. The molecule has 2 aromatic rings. The topological polar surface area (TPSA) is 46.5 Å². The van der Waals surface area contributed by atoms with Crippen molar-refractivity contribution in [2.45, 2.75) is 26.4 Å². The standard InChI is InChI=1S/C15H16O3/c1-3-10(2)18-14-12-7-5-4-6-11(12)8-9-13(14)15(16)17/h4-10H,3H2,1-2H3,(H,16,17). The summed E-state index contributed by atoms with van der Waals surface area (Å²) in [7, 11) is 0. The Bertz CT molecular complexity index is 575. The van der Waals surface area contributed by atoms with E-state index in [-0.39, 0.29) is 11.7 Å². The van der Waals surface area contributed by atoms with Crippen LogP contribution in [0.3, 0.4) is 0 Å². The average molecular weight is 244 g/mol. The smallest absolute Gasteiger partial charge is 0.339 e. The molecular formula is C15H16O3. The van der Waals surface area contributed by atoms with Gasteiger partial charge in [0, 0.05) is 5.39 Å². The van der Waals surface area contributed by atoms with Crippen molar-refractivity contribution in [1.29, 1.82) is 0 Å².